The lowest BCUT2D eigenvalue weighted by Crippen LogP contribution is -2.04. The number of benzene rings is 2. The van der Waals surface area contributed by atoms with Gasteiger partial charge >= 0.3 is 0 Å². The molecule has 2 heteroatoms. The molecule has 1 nitrogen and oxygen atoms in total. The fourth-order valence-electron chi connectivity index (χ4n) is 4.07. The molecule has 1 saturated carbocycles. The van der Waals surface area contributed by atoms with E-state index in [-0.39, 0.29) is 0 Å². The predicted octanol–water partition coefficient (Wildman–Crippen LogP) is 8.61. The number of halogens is 1. The van der Waals surface area contributed by atoms with E-state index in [2.05, 4.69) is 43.7 Å². The van der Waals surface area contributed by atoms with Crippen LogP contribution in [0.4, 0.5) is 0 Å². The van der Waals surface area contributed by atoms with Gasteiger partial charge < -0.3 is 4.74 Å². The molecule has 0 unspecified atom stereocenters. The van der Waals surface area contributed by atoms with Gasteiger partial charge in [0.25, 0.3) is 0 Å². The van der Waals surface area contributed by atoms with E-state index in [1.54, 1.807) is 0 Å². The highest BCUT2D eigenvalue weighted by atomic mass is 35.5. The van der Waals surface area contributed by atoms with E-state index in [4.69, 9.17) is 16.3 Å². The minimum Gasteiger partial charge on any atom is -0.492 e. The van der Waals surface area contributed by atoms with Gasteiger partial charge in [0.2, 0.25) is 0 Å². The van der Waals surface area contributed by atoms with Crippen LogP contribution in [0.2, 0.25) is 5.02 Å². The fraction of sp³-hybridized carbons (Fsp3) is 0.500. The standard InChI is InChI=1S/C26H34ClO/c1-2-3-4-5-6-10-19-28-26-18-17-24(20-25(26)27)23-15-13-22(14-16-23)21-11-8-7-9-12-21/h7,13-18,20-21H,2-6,8-12,19H2,1H3. The monoisotopic (exact) mass is 397 g/mol. The lowest BCUT2D eigenvalue weighted by Gasteiger charge is -2.22. The molecule has 2 aromatic rings. The average Bonchev–Trinajstić information content (AvgIpc) is 2.75. The maximum Gasteiger partial charge on any atom is 0.137 e. The Kier molecular flexibility index (Phi) is 8.73. The van der Waals surface area contributed by atoms with Crippen molar-refractivity contribution in [2.75, 3.05) is 6.61 Å². The third kappa shape index (κ3) is 6.27. The number of hydrogen-bond donors (Lipinski definition) is 0. The van der Waals surface area contributed by atoms with Crippen molar-refractivity contribution in [1.82, 2.24) is 0 Å². The van der Waals surface area contributed by atoms with Gasteiger partial charge in [0.1, 0.15) is 5.75 Å². The third-order valence-electron chi connectivity index (χ3n) is 5.84. The summed E-state index contributed by atoms with van der Waals surface area (Å²) >= 11 is 6.49. The average molecular weight is 398 g/mol. The van der Waals surface area contributed by atoms with Crippen LogP contribution in [0.25, 0.3) is 11.1 Å². The molecular formula is C26H34ClO. The molecule has 0 bridgehead atoms. The highest BCUT2D eigenvalue weighted by Gasteiger charge is 2.15. The predicted molar refractivity (Wildman–Crippen MR) is 121 cm³/mol. The van der Waals surface area contributed by atoms with Crippen molar-refractivity contribution < 1.29 is 4.74 Å². The first kappa shape index (κ1) is 21.2. The summed E-state index contributed by atoms with van der Waals surface area (Å²) in [7, 11) is 0. The summed E-state index contributed by atoms with van der Waals surface area (Å²) in [5.41, 5.74) is 3.85. The van der Waals surface area contributed by atoms with Crippen molar-refractivity contribution in [3.63, 3.8) is 0 Å². The molecule has 0 heterocycles. The van der Waals surface area contributed by atoms with Crippen molar-refractivity contribution in [2.45, 2.75) is 77.0 Å². The largest absolute Gasteiger partial charge is 0.492 e. The molecule has 1 aliphatic carbocycles. The first-order valence-corrected chi connectivity index (χ1v) is 11.5. The van der Waals surface area contributed by atoms with Crippen molar-refractivity contribution in [1.29, 1.82) is 0 Å². The van der Waals surface area contributed by atoms with Gasteiger partial charge in [-0.25, -0.2) is 0 Å². The number of rotatable bonds is 10. The molecule has 0 saturated heterocycles. The maximum absolute atomic E-state index is 6.49. The molecule has 0 N–H and O–H groups in total. The van der Waals surface area contributed by atoms with Crippen LogP contribution < -0.4 is 4.74 Å². The Morgan fingerprint density at radius 3 is 2.25 bits per heavy atom. The maximum atomic E-state index is 6.49. The lowest BCUT2D eigenvalue weighted by molar-refractivity contribution is 0.304. The van der Waals surface area contributed by atoms with Gasteiger partial charge in [-0.05, 0) is 73.3 Å². The third-order valence-corrected chi connectivity index (χ3v) is 6.14. The van der Waals surface area contributed by atoms with E-state index in [0.717, 1.165) is 30.3 Å². The zero-order valence-electron chi connectivity index (χ0n) is 17.3. The van der Waals surface area contributed by atoms with E-state index in [1.807, 2.05) is 12.1 Å². The van der Waals surface area contributed by atoms with Crippen LogP contribution in [0.3, 0.4) is 0 Å². The molecule has 0 spiro atoms. The second-order valence-corrected chi connectivity index (χ2v) is 8.43. The van der Waals surface area contributed by atoms with E-state index in [1.165, 1.54) is 68.9 Å². The summed E-state index contributed by atoms with van der Waals surface area (Å²) in [6.45, 7) is 3.00. The minimum atomic E-state index is 0.704. The molecule has 151 valence electrons. The topological polar surface area (TPSA) is 9.23 Å². The van der Waals surface area contributed by atoms with Crippen LogP contribution in [-0.2, 0) is 0 Å². The van der Waals surface area contributed by atoms with Gasteiger partial charge in [0.05, 0.1) is 11.6 Å². The molecule has 0 atom stereocenters. The van der Waals surface area contributed by atoms with Crippen LogP contribution in [0, 0.1) is 6.42 Å². The molecule has 1 aliphatic rings. The molecule has 1 fully saturated rings. The first-order chi connectivity index (χ1) is 13.8. The van der Waals surface area contributed by atoms with Crippen LogP contribution in [-0.4, -0.2) is 6.61 Å². The summed E-state index contributed by atoms with van der Waals surface area (Å²) in [6, 6.07) is 15.2. The summed E-state index contributed by atoms with van der Waals surface area (Å²) in [4.78, 5) is 0. The Morgan fingerprint density at radius 1 is 0.857 bits per heavy atom. The molecule has 3 rings (SSSR count). The van der Waals surface area contributed by atoms with Crippen molar-refractivity contribution >= 4 is 11.6 Å². The second-order valence-electron chi connectivity index (χ2n) is 8.02. The molecular weight excluding hydrogens is 364 g/mol. The van der Waals surface area contributed by atoms with Crippen LogP contribution in [0.15, 0.2) is 42.5 Å². The SMILES string of the molecule is CCCCCCCCOc1ccc(-c2ccc(C3CC[CH]CC3)cc2)cc1Cl. The second kappa shape index (κ2) is 11.5. The Bertz CT molecular complexity index is 701. The highest BCUT2D eigenvalue weighted by Crippen LogP contribution is 2.34. The van der Waals surface area contributed by atoms with Gasteiger partial charge in [-0.15, -0.1) is 0 Å². The zero-order chi connectivity index (χ0) is 19.6. The van der Waals surface area contributed by atoms with Crippen molar-refractivity contribution in [3.8, 4) is 16.9 Å². The molecule has 0 aliphatic heterocycles. The molecule has 28 heavy (non-hydrogen) atoms. The van der Waals surface area contributed by atoms with E-state index in [0.29, 0.717) is 5.02 Å². The Morgan fingerprint density at radius 2 is 1.54 bits per heavy atom. The highest BCUT2D eigenvalue weighted by molar-refractivity contribution is 6.32. The van der Waals surface area contributed by atoms with Gasteiger partial charge in [-0.3, -0.25) is 0 Å². The van der Waals surface area contributed by atoms with Crippen LogP contribution in [0.5, 0.6) is 5.75 Å². The molecule has 0 amide bonds. The first-order valence-electron chi connectivity index (χ1n) is 11.1. The fourth-order valence-corrected chi connectivity index (χ4v) is 4.30. The molecule has 0 aromatic heterocycles. The minimum absolute atomic E-state index is 0.704. The molecule has 1 radical (unpaired) electrons. The Labute approximate surface area is 176 Å². The Balaban J connectivity index is 1.51. The quantitative estimate of drug-likeness (QED) is 0.364. The van der Waals surface area contributed by atoms with E-state index in [9.17, 15) is 0 Å². The van der Waals surface area contributed by atoms with Crippen LogP contribution in [0.1, 0.15) is 82.6 Å². The van der Waals surface area contributed by atoms with Crippen LogP contribution >= 0.6 is 11.6 Å². The van der Waals surface area contributed by atoms with Crippen molar-refractivity contribution in [3.05, 3.63) is 59.5 Å². The van der Waals surface area contributed by atoms with Gasteiger partial charge in [0, 0.05) is 0 Å². The Hall–Kier alpha value is -1.47. The zero-order valence-corrected chi connectivity index (χ0v) is 18.0. The molecule has 2 aromatic carbocycles. The van der Waals surface area contributed by atoms with E-state index >= 15 is 0 Å². The van der Waals surface area contributed by atoms with Gasteiger partial charge in [-0.1, -0.05) is 81.0 Å². The summed E-state index contributed by atoms with van der Waals surface area (Å²) in [6.07, 6.45) is 15.1. The number of unbranched alkanes of at least 4 members (excludes halogenated alkanes) is 5. The summed E-state index contributed by atoms with van der Waals surface area (Å²) < 4.78 is 5.90. The smallest absolute Gasteiger partial charge is 0.137 e. The van der Waals surface area contributed by atoms with Gasteiger partial charge in [-0.2, -0.15) is 0 Å². The van der Waals surface area contributed by atoms with E-state index < -0.39 is 0 Å². The number of hydrogen-bond acceptors (Lipinski definition) is 1. The van der Waals surface area contributed by atoms with Gasteiger partial charge in [0.15, 0.2) is 0 Å². The normalized spacial score (nSPS) is 14.9. The summed E-state index contributed by atoms with van der Waals surface area (Å²) in [5.74, 6) is 1.52. The van der Waals surface area contributed by atoms with Crippen molar-refractivity contribution in [2.24, 2.45) is 0 Å². The number of ether oxygens (including phenoxy) is 1. The summed E-state index contributed by atoms with van der Waals surface area (Å²) in [5, 5.41) is 0.704. The lowest BCUT2D eigenvalue weighted by atomic mass is 9.84.